The highest BCUT2D eigenvalue weighted by Crippen LogP contribution is 2.25. The van der Waals surface area contributed by atoms with Crippen LogP contribution in [0.5, 0.6) is 0 Å². The van der Waals surface area contributed by atoms with Crippen LogP contribution in [0, 0.1) is 5.92 Å². The number of anilines is 1. The number of nitrogens with one attached hydrogen (secondary N) is 3. The number of benzene rings is 2. The summed E-state index contributed by atoms with van der Waals surface area (Å²) < 4.78 is 1.08. The van der Waals surface area contributed by atoms with Crippen LogP contribution in [0.2, 0.25) is 0 Å². The third-order valence-electron chi connectivity index (χ3n) is 4.30. The number of rotatable bonds is 4. The lowest BCUT2D eigenvalue weighted by molar-refractivity contribution is 0.556. The fraction of sp³-hybridized carbons (Fsp3) is 0.158. The van der Waals surface area contributed by atoms with Gasteiger partial charge < -0.3 is 0 Å². The normalized spacial score (nSPS) is 20.4. The zero-order valence-corrected chi connectivity index (χ0v) is 15.1. The van der Waals surface area contributed by atoms with Gasteiger partial charge in [0.05, 0.1) is 11.6 Å². The average Bonchev–Trinajstić information content (AvgIpc) is 3.11. The molecule has 0 spiro atoms. The first-order valence-electron chi connectivity index (χ1n) is 8.18. The van der Waals surface area contributed by atoms with Crippen molar-refractivity contribution < 1.29 is 0 Å². The van der Waals surface area contributed by atoms with E-state index < -0.39 is 0 Å². The van der Waals surface area contributed by atoms with Crippen molar-refractivity contribution in [2.24, 2.45) is 11.0 Å². The van der Waals surface area contributed by atoms with E-state index >= 15 is 0 Å². The van der Waals surface area contributed by atoms with Crippen LogP contribution in [-0.2, 0) is 0 Å². The Morgan fingerprint density at radius 2 is 1.92 bits per heavy atom. The van der Waals surface area contributed by atoms with Crippen molar-refractivity contribution in [3.05, 3.63) is 70.7 Å². The number of hydrazine groups is 1. The SMILES string of the molecule is Brc1ccc(C2NNCC2/C=N/Nc2ccc3ccccc3n2)cc1. The average molecular weight is 396 g/mol. The van der Waals surface area contributed by atoms with E-state index in [9.17, 15) is 0 Å². The maximum atomic E-state index is 4.56. The number of hydrazone groups is 1. The van der Waals surface area contributed by atoms with E-state index in [0.717, 1.165) is 27.7 Å². The lowest BCUT2D eigenvalue weighted by atomic mass is 9.96. The predicted molar refractivity (Wildman–Crippen MR) is 105 cm³/mol. The molecule has 1 aromatic heterocycles. The topological polar surface area (TPSA) is 61.3 Å². The Hall–Kier alpha value is -2.28. The number of aromatic nitrogens is 1. The summed E-state index contributed by atoms with van der Waals surface area (Å²) in [5.74, 6) is 1.00. The number of nitrogens with zero attached hydrogens (tertiary/aromatic N) is 2. The molecule has 1 saturated heterocycles. The fourth-order valence-electron chi connectivity index (χ4n) is 2.98. The van der Waals surface area contributed by atoms with E-state index in [-0.39, 0.29) is 12.0 Å². The highest BCUT2D eigenvalue weighted by Gasteiger charge is 2.26. The molecule has 0 radical (unpaired) electrons. The molecular formula is C19H18BrN5. The van der Waals surface area contributed by atoms with Gasteiger partial charge in [-0.2, -0.15) is 5.10 Å². The van der Waals surface area contributed by atoms with E-state index in [1.807, 2.05) is 42.6 Å². The Bertz CT molecular complexity index is 894. The van der Waals surface area contributed by atoms with Crippen LogP contribution in [0.15, 0.2) is 70.2 Å². The molecule has 2 atom stereocenters. The number of halogens is 1. The first kappa shape index (κ1) is 16.2. The molecule has 5 nitrogen and oxygen atoms in total. The molecular weight excluding hydrogens is 378 g/mol. The van der Waals surface area contributed by atoms with Gasteiger partial charge in [0, 0.05) is 28.5 Å². The van der Waals surface area contributed by atoms with Crippen molar-refractivity contribution in [1.29, 1.82) is 0 Å². The maximum Gasteiger partial charge on any atom is 0.146 e. The fourth-order valence-corrected chi connectivity index (χ4v) is 3.24. The van der Waals surface area contributed by atoms with Gasteiger partial charge in [-0.05, 0) is 35.9 Å². The van der Waals surface area contributed by atoms with Gasteiger partial charge >= 0.3 is 0 Å². The lowest BCUT2D eigenvalue weighted by Gasteiger charge is -2.15. The molecule has 25 heavy (non-hydrogen) atoms. The van der Waals surface area contributed by atoms with Crippen molar-refractivity contribution in [3.63, 3.8) is 0 Å². The molecule has 6 heteroatoms. The summed E-state index contributed by atoms with van der Waals surface area (Å²) in [6.07, 6.45) is 1.94. The number of hydrogen-bond acceptors (Lipinski definition) is 5. The van der Waals surface area contributed by atoms with Crippen LogP contribution in [0.1, 0.15) is 11.6 Å². The molecule has 0 bridgehead atoms. The molecule has 0 amide bonds. The summed E-state index contributed by atoms with van der Waals surface area (Å²) in [5.41, 5.74) is 11.8. The van der Waals surface area contributed by atoms with Gasteiger partial charge in [0.25, 0.3) is 0 Å². The molecule has 1 aliphatic rings. The molecule has 3 N–H and O–H groups in total. The Morgan fingerprint density at radius 1 is 1.08 bits per heavy atom. The van der Waals surface area contributed by atoms with Crippen molar-refractivity contribution in [2.45, 2.75) is 6.04 Å². The van der Waals surface area contributed by atoms with Gasteiger partial charge in [-0.1, -0.05) is 46.3 Å². The van der Waals surface area contributed by atoms with E-state index in [1.165, 1.54) is 5.56 Å². The molecule has 4 rings (SSSR count). The molecule has 0 saturated carbocycles. The van der Waals surface area contributed by atoms with Crippen LogP contribution in [-0.4, -0.2) is 17.7 Å². The largest absolute Gasteiger partial charge is 0.262 e. The quantitative estimate of drug-likeness (QED) is 0.463. The summed E-state index contributed by atoms with van der Waals surface area (Å²) in [4.78, 5) is 4.56. The van der Waals surface area contributed by atoms with E-state index in [0.29, 0.717) is 0 Å². The van der Waals surface area contributed by atoms with Crippen molar-refractivity contribution in [3.8, 4) is 0 Å². The summed E-state index contributed by atoms with van der Waals surface area (Å²) >= 11 is 3.47. The van der Waals surface area contributed by atoms with Gasteiger partial charge in [-0.3, -0.25) is 10.9 Å². The summed E-state index contributed by atoms with van der Waals surface area (Å²) in [6.45, 7) is 0.830. The second kappa shape index (κ2) is 7.31. The lowest BCUT2D eigenvalue weighted by Crippen LogP contribution is -2.25. The Labute approximate surface area is 154 Å². The van der Waals surface area contributed by atoms with Crippen molar-refractivity contribution >= 4 is 38.9 Å². The Morgan fingerprint density at radius 3 is 2.80 bits per heavy atom. The Balaban J connectivity index is 1.45. The zero-order chi connectivity index (χ0) is 17.1. The molecule has 1 aliphatic heterocycles. The Kier molecular flexibility index (Phi) is 4.74. The second-order valence-corrected chi connectivity index (χ2v) is 6.91. The third kappa shape index (κ3) is 3.71. The van der Waals surface area contributed by atoms with Gasteiger partial charge in [0.2, 0.25) is 0 Å². The first-order chi connectivity index (χ1) is 12.3. The molecule has 3 aromatic rings. The van der Waals surface area contributed by atoms with Crippen LogP contribution in [0.25, 0.3) is 10.9 Å². The highest BCUT2D eigenvalue weighted by atomic mass is 79.9. The van der Waals surface area contributed by atoms with E-state index in [1.54, 1.807) is 0 Å². The molecule has 1 fully saturated rings. The second-order valence-electron chi connectivity index (χ2n) is 6.00. The van der Waals surface area contributed by atoms with Crippen molar-refractivity contribution in [2.75, 3.05) is 12.0 Å². The van der Waals surface area contributed by atoms with E-state index in [2.05, 4.69) is 66.6 Å². The van der Waals surface area contributed by atoms with Crippen molar-refractivity contribution in [1.82, 2.24) is 15.8 Å². The molecule has 2 unspecified atom stereocenters. The number of pyridine rings is 1. The molecule has 2 aromatic carbocycles. The summed E-state index contributed by atoms with van der Waals surface area (Å²) in [5, 5.41) is 5.52. The number of para-hydroxylation sites is 1. The van der Waals surface area contributed by atoms with Crippen LogP contribution in [0.4, 0.5) is 5.82 Å². The summed E-state index contributed by atoms with van der Waals surface area (Å²) in [7, 11) is 0. The van der Waals surface area contributed by atoms with Gasteiger partial charge in [0.15, 0.2) is 0 Å². The minimum absolute atomic E-state index is 0.197. The van der Waals surface area contributed by atoms with E-state index in [4.69, 9.17) is 0 Å². The molecule has 126 valence electrons. The van der Waals surface area contributed by atoms with Gasteiger partial charge in [-0.15, -0.1) is 0 Å². The molecule has 2 heterocycles. The monoisotopic (exact) mass is 395 g/mol. The predicted octanol–water partition coefficient (Wildman–Crippen LogP) is 3.86. The minimum Gasteiger partial charge on any atom is -0.262 e. The zero-order valence-electron chi connectivity index (χ0n) is 13.5. The maximum absolute atomic E-state index is 4.56. The first-order valence-corrected chi connectivity index (χ1v) is 8.98. The van der Waals surface area contributed by atoms with Gasteiger partial charge in [0.1, 0.15) is 5.82 Å². The van der Waals surface area contributed by atoms with Gasteiger partial charge in [-0.25, -0.2) is 10.4 Å². The van der Waals surface area contributed by atoms with Crippen LogP contribution in [0.3, 0.4) is 0 Å². The highest BCUT2D eigenvalue weighted by molar-refractivity contribution is 9.10. The van der Waals surface area contributed by atoms with Crippen LogP contribution < -0.4 is 16.3 Å². The smallest absolute Gasteiger partial charge is 0.146 e. The summed E-state index contributed by atoms with van der Waals surface area (Å²) in [6, 6.07) is 20.6. The van der Waals surface area contributed by atoms with Crippen LogP contribution >= 0.6 is 15.9 Å². The number of fused-ring (bicyclic) bond motifs is 1. The third-order valence-corrected chi connectivity index (χ3v) is 4.82. The molecule has 0 aliphatic carbocycles. The number of hydrogen-bond donors (Lipinski definition) is 3. The minimum atomic E-state index is 0.197. The standard InChI is InChI=1S/C19H18BrN5/c20-16-8-5-14(6-9-16)19-15(12-22-25-19)11-21-24-18-10-7-13-3-1-2-4-17(13)23-18/h1-11,15,19,22,25H,12H2,(H,23,24)/b21-11+.